The quantitative estimate of drug-likeness (QED) is 0.286. The maximum atomic E-state index is 13.2. The molecular weight excluding hydrogens is 499 g/mol. The minimum atomic E-state index is -4.56. The van der Waals surface area contributed by atoms with Crippen LogP contribution in [0.3, 0.4) is 0 Å². The van der Waals surface area contributed by atoms with Gasteiger partial charge in [0.15, 0.2) is 5.82 Å². The lowest BCUT2D eigenvalue weighted by atomic mass is 10.0. The predicted octanol–water partition coefficient (Wildman–Crippen LogP) is 5.04. The molecule has 13 heteroatoms. The van der Waals surface area contributed by atoms with E-state index in [4.69, 9.17) is 11.6 Å². The van der Waals surface area contributed by atoms with E-state index < -0.39 is 29.7 Å². The molecule has 0 saturated carbocycles. The van der Waals surface area contributed by atoms with Crippen molar-refractivity contribution in [2.24, 2.45) is 0 Å². The first-order valence-corrected chi connectivity index (χ1v) is 10.7. The molecule has 4 aromatic rings. The van der Waals surface area contributed by atoms with Crippen molar-refractivity contribution in [1.82, 2.24) is 25.5 Å². The number of aromatic nitrogens is 4. The minimum absolute atomic E-state index is 0.132. The molecule has 4 rings (SSSR count). The Morgan fingerprint density at radius 2 is 1.78 bits per heavy atom. The number of alkyl halides is 3. The average Bonchev–Trinajstić information content (AvgIpc) is 3.38. The van der Waals surface area contributed by atoms with Crippen molar-refractivity contribution in [2.45, 2.75) is 12.2 Å². The summed E-state index contributed by atoms with van der Waals surface area (Å²) in [5.41, 5.74) is -0.236. The fraction of sp³-hybridized carbons (Fsp3) is 0.0870. The number of pyridine rings is 1. The first-order valence-electron chi connectivity index (χ1n) is 10.3. The Labute approximate surface area is 207 Å². The van der Waals surface area contributed by atoms with E-state index in [1.165, 1.54) is 42.9 Å². The summed E-state index contributed by atoms with van der Waals surface area (Å²) in [7, 11) is 0. The molecule has 3 amide bonds. The number of carbonyl (C=O) groups is 2. The first-order chi connectivity index (χ1) is 17.2. The summed E-state index contributed by atoms with van der Waals surface area (Å²) in [4.78, 5) is 33.3. The fourth-order valence-corrected chi connectivity index (χ4v) is 3.34. The Bertz CT molecular complexity index is 1360. The van der Waals surface area contributed by atoms with Crippen molar-refractivity contribution in [3.8, 4) is 0 Å². The van der Waals surface area contributed by atoms with Crippen LogP contribution in [-0.2, 0) is 6.18 Å². The van der Waals surface area contributed by atoms with Crippen LogP contribution in [0.25, 0.3) is 0 Å². The molecular formula is C23H17ClF3N7O2. The summed E-state index contributed by atoms with van der Waals surface area (Å²) in [6.45, 7) is 0. The van der Waals surface area contributed by atoms with Gasteiger partial charge in [-0.05, 0) is 48.0 Å². The normalized spacial score (nSPS) is 12.0. The van der Waals surface area contributed by atoms with Gasteiger partial charge in [-0.2, -0.15) is 18.3 Å². The molecule has 0 aliphatic carbocycles. The van der Waals surface area contributed by atoms with Crippen molar-refractivity contribution in [3.05, 3.63) is 101 Å². The zero-order valence-electron chi connectivity index (χ0n) is 18.2. The Hall–Kier alpha value is -4.45. The van der Waals surface area contributed by atoms with Gasteiger partial charge in [0.1, 0.15) is 18.2 Å². The Morgan fingerprint density at radius 1 is 0.972 bits per heavy atom. The van der Waals surface area contributed by atoms with Crippen molar-refractivity contribution in [1.29, 1.82) is 0 Å². The van der Waals surface area contributed by atoms with Crippen LogP contribution in [0, 0.1) is 0 Å². The number of nitrogens with zero attached hydrogens (tertiary/aromatic N) is 3. The number of nitrogens with one attached hydrogen (secondary N) is 4. The summed E-state index contributed by atoms with van der Waals surface area (Å²) in [5, 5.41) is 14.4. The molecule has 184 valence electrons. The van der Waals surface area contributed by atoms with Gasteiger partial charge >= 0.3 is 12.2 Å². The number of urea groups is 1. The first kappa shape index (κ1) is 24.7. The number of amides is 3. The summed E-state index contributed by atoms with van der Waals surface area (Å²) in [6.07, 6.45) is -2.01. The molecule has 0 saturated heterocycles. The van der Waals surface area contributed by atoms with E-state index in [0.717, 1.165) is 12.1 Å². The highest BCUT2D eigenvalue weighted by atomic mass is 35.5. The third-order valence-electron chi connectivity index (χ3n) is 4.88. The van der Waals surface area contributed by atoms with Crippen LogP contribution in [-0.4, -0.2) is 32.1 Å². The largest absolute Gasteiger partial charge is 0.416 e. The summed E-state index contributed by atoms with van der Waals surface area (Å²) >= 11 is 5.79. The molecule has 1 unspecified atom stereocenters. The highest BCUT2D eigenvalue weighted by Crippen LogP contribution is 2.31. The van der Waals surface area contributed by atoms with E-state index in [-0.39, 0.29) is 28.5 Å². The van der Waals surface area contributed by atoms with Crippen LogP contribution in [0.5, 0.6) is 0 Å². The molecule has 0 bridgehead atoms. The number of benzene rings is 2. The molecule has 2 aromatic carbocycles. The molecule has 0 spiro atoms. The highest BCUT2D eigenvalue weighted by molar-refractivity contribution is 6.30. The maximum absolute atomic E-state index is 13.2. The molecule has 1 atom stereocenters. The van der Waals surface area contributed by atoms with Crippen LogP contribution in [0.4, 0.5) is 29.5 Å². The smallest absolute Gasteiger partial charge is 0.324 e. The summed E-state index contributed by atoms with van der Waals surface area (Å²) in [6, 6.07) is 11.9. The van der Waals surface area contributed by atoms with Gasteiger partial charge in [0.05, 0.1) is 10.6 Å². The molecule has 0 aliphatic heterocycles. The van der Waals surface area contributed by atoms with Crippen LogP contribution in [0.2, 0.25) is 5.02 Å². The Balaban J connectivity index is 1.49. The number of rotatable bonds is 6. The summed E-state index contributed by atoms with van der Waals surface area (Å²) < 4.78 is 39.6. The lowest BCUT2D eigenvalue weighted by molar-refractivity contribution is -0.137. The molecule has 0 fully saturated rings. The second-order valence-electron chi connectivity index (χ2n) is 7.42. The Morgan fingerprint density at radius 3 is 2.47 bits per heavy atom. The molecule has 36 heavy (non-hydrogen) atoms. The molecule has 4 N–H and O–H groups in total. The molecule has 9 nitrogen and oxygen atoms in total. The van der Waals surface area contributed by atoms with Gasteiger partial charge in [-0.25, -0.2) is 14.8 Å². The van der Waals surface area contributed by atoms with Crippen LogP contribution < -0.4 is 16.0 Å². The van der Waals surface area contributed by atoms with Gasteiger partial charge in [-0.3, -0.25) is 9.89 Å². The average molecular weight is 516 g/mol. The third kappa shape index (κ3) is 6.16. The van der Waals surface area contributed by atoms with Gasteiger partial charge in [0.25, 0.3) is 5.91 Å². The van der Waals surface area contributed by atoms with Crippen LogP contribution in [0.15, 0.2) is 73.2 Å². The zero-order chi connectivity index (χ0) is 25.7. The maximum Gasteiger partial charge on any atom is 0.416 e. The van der Waals surface area contributed by atoms with Gasteiger partial charge in [0, 0.05) is 17.4 Å². The monoisotopic (exact) mass is 515 g/mol. The minimum Gasteiger partial charge on any atom is -0.324 e. The third-order valence-corrected chi connectivity index (χ3v) is 5.11. The van der Waals surface area contributed by atoms with E-state index in [1.54, 1.807) is 18.2 Å². The van der Waals surface area contributed by atoms with Gasteiger partial charge < -0.3 is 16.0 Å². The van der Waals surface area contributed by atoms with E-state index in [0.29, 0.717) is 5.02 Å². The number of halogens is 4. The number of anilines is 2. The van der Waals surface area contributed by atoms with E-state index in [9.17, 15) is 22.8 Å². The highest BCUT2D eigenvalue weighted by Gasteiger charge is 2.31. The molecule has 2 aromatic heterocycles. The van der Waals surface area contributed by atoms with E-state index in [2.05, 4.69) is 36.1 Å². The SMILES string of the molecule is O=C(Nc1cccc(C(=O)Nc2ccc(Cl)cn2)c1)NC(c1cccc(C(F)(F)F)c1)c1ncn[nH]1. The van der Waals surface area contributed by atoms with Crippen molar-refractivity contribution < 1.29 is 22.8 Å². The molecule has 0 radical (unpaired) electrons. The topological polar surface area (TPSA) is 125 Å². The molecule has 2 heterocycles. The second kappa shape index (κ2) is 10.4. The fourth-order valence-electron chi connectivity index (χ4n) is 3.23. The molecule has 0 aliphatic rings. The number of H-pyrrole nitrogens is 1. The van der Waals surface area contributed by atoms with Gasteiger partial charge in [0.2, 0.25) is 0 Å². The number of hydrogen-bond acceptors (Lipinski definition) is 5. The predicted molar refractivity (Wildman–Crippen MR) is 125 cm³/mol. The van der Waals surface area contributed by atoms with Crippen LogP contribution in [0.1, 0.15) is 33.4 Å². The van der Waals surface area contributed by atoms with Crippen LogP contribution >= 0.6 is 11.6 Å². The van der Waals surface area contributed by atoms with Gasteiger partial charge in [-0.1, -0.05) is 29.8 Å². The lowest BCUT2D eigenvalue weighted by Crippen LogP contribution is -2.34. The van der Waals surface area contributed by atoms with Crippen molar-refractivity contribution in [2.75, 3.05) is 10.6 Å². The van der Waals surface area contributed by atoms with Crippen molar-refractivity contribution in [3.63, 3.8) is 0 Å². The zero-order valence-corrected chi connectivity index (χ0v) is 18.9. The standard InChI is InChI=1S/C23H17ClF3N7O2/c24-16-7-8-18(28-11-16)32-21(35)14-4-2-6-17(10-14)31-22(36)33-19(20-29-12-30-34-20)13-3-1-5-15(9-13)23(25,26)27/h1-12,19H,(H,28,32,35)(H,29,30,34)(H2,31,33,36). The van der Waals surface area contributed by atoms with Gasteiger partial charge in [-0.15, -0.1) is 0 Å². The summed E-state index contributed by atoms with van der Waals surface area (Å²) in [5.74, 6) is -0.0538. The van der Waals surface area contributed by atoms with E-state index in [1.807, 2.05) is 0 Å². The van der Waals surface area contributed by atoms with E-state index >= 15 is 0 Å². The number of aromatic amines is 1. The lowest BCUT2D eigenvalue weighted by Gasteiger charge is -2.19. The second-order valence-corrected chi connectivity index (χ2v) is 7.86. The number of carbonyl (C=O) groups excluding carboxylic acids is 2. The van der Waals surface area contributed by atoms with Crippen molar-refractivity contribution >= 4 is 35.0 Å². The number of hydrogen-bond donors (Lipinski definition) is 4. The Kier molecular flexibility index (Phi) is 7.15.